The predicted molar refractivity (Wildman–Crippen MR) is 63.0 cm³/mol. The lowest BCUT2D eigenvalue weighted by Gasteiger charge is -2.11. The van der Waals surface area contributed by atoms with Crippen LogP contribution in [0.5, 0.6) is 0 Å². The lowest BCUT2D eigenvalue weighted by Crippen LogP contribution is -2.26. The van der Waals surface area contributed by atoms with Gasteiger partial charge in [0.05, 0.1) is 0 Å². The van der Waals surface area contributed by atoms with Crippen LogP contribution in [0.3, 0.4) is 0 Å². The van der Waals surface area contributed by atoms with Gasteiger partial charge in [-0.2, -0.15) is 0 Å². The third kappa shape index (κ3) is 3.75. The number of pyridine rings is 1. The van der Waals surface area contributed by atoms with E-state index in [-0.39, 0.29) is 11.6 Å². The average Bonchev–Trinajstić information content (AvgIpc) is 2.29. The summed E-state index contributed by atoms with van der Waals surface area (Å²) in [5.74, 6) is -1.24. The van der Waals surface area contributed by atoms with Crippen LogP contribution in [0.1, 0.15) is 24.3 Å². The van der Waals surface area contributed by atoms with E-state index >= 15 is 0 Å². The van der Waals surface area contributed by atoms with Gasteiger partial charge in [-0.1, -0.05) is 0 Å². The van der Waals surface area contributed by atoms with Crippen LogP contribution in [0, 0.1) is 0 Å². The highest BCUT2D eigenvalue weighted by Crippen LogP contribution is 2.09. The Hall–Kier alpha value is -2.11. The molecule has 0 aliphatic carbocycles. The monoisotopic (exact) mass is 237 g/mol. The molecule has 0 aliphatic rings. The molecule has 0 fully saturated rings. The Bertz CT molecular complexity index is 420. The molecule has 1 unspecified atom stereocenters. The molecule has 0 saturated heterocycles. The molecule has 3 N–H and O–H groups in total. The molecule has 1 aromatic heterocycles. The van der Waals surface area contributed by atoms with E-state index in [0.717, 1.165) is 0 Å². The fourth-order valence-electron chi connectivity index (χ4n) is 1.21. The van der Waals surface area contributed by atoms with Crippen LogP contribution in [-0.2, 0) is 4.79 Å². The second-order valence-corrected chi connectivity index (χ2v) is 3.49. The maximum absolute atomic E-state index is 11.5. The molecule has 0 aromatic carbocycles. The number of aliphatic carboxylic acids is 1. The number of carboxylic acids is 1. The Labute approximate surface area is 99.1 Å². The zero-order valence-electron chi connectivity index (χ0n) is 9.73. The Morgan fingerprint density at radius 1 is 1.53 bits per heavy atom. The van der Waals surface area contributed by atoms with E-state index in [2.05, 4.69) is 15.6 Å². The smallest absolute Gasteiger partial charge is 0.325 e. The highest BCUT2D eigenvalue weighted by molar-refractivity contribution is 5.93. The van der Waals surface area contributed by atoms with Crippen molar-refractivity contribution >= 4 is 17.6 Å². The summed E-state index contributed by atoms with van der Waals surface area (Å²) in [5.41, 5.74) is 0.811. The molecule has 1 rings (SSSR count). The van der Waals surface area contributed by atoms with Gasteiger partial charge in [0.1, 0.15) is 11.7 Å². The van der Waals surface area contributed by atoms with E-state index in [4.69, 9.17) is 5.11 Å². The topological polar surface area (TPSA) is 91.3 Å². The summed E-state index contributed by atoms with van der Waals surface area (Å²) in [6.45, 7) is 3.85. The molecule has 0 saturated carbocycles. The van der Waals surface area contributed by atoms with Gasteiger partial charge in [0.15, 0.2) is 0 Å². The van der Waals surface area contributed by atoms with Crippen molar-refractivity contribution in [2.24, 2.45) is 0 Å². The zero-order chi connectivity index (χ0) is 12.8. The summed E-state index contributed by atoms with van der Waals surface area (Å²) < 4.78 is 0. The highest BCUT2D eigenvalue weighted by atomic mass is 16.4. The van der Waals surface area contributed by atoms with Gasteiger partial charge in [-0.3, -0.25) is 14.6 Å². The molecule has 0 bridgehead atoms. The van der Waals surface area contributed by atoms with Gasteiger partial charge < -0.3 is 15.7 Å². The van der Waals surface area contributed by atoms with E-state index < -0.39 is 12.0 Å². The number of anilines is 1. The average molecular weight is 237 g/mol. The Morgan fingerprint density at radius 3 is 2.82 bits per heavy atom. The quantitative estimate of drug-likeness (QED) is 0.701. The summed E-state index contributed by atoms with van der Waals surface area (Å²) >= 11 is 0. The van der Waals surface area contributed by atoms with Crippen LogP contribution in [0.4, 0.5) is 5.69 Å². The molecule has 1 amide bonds. The predicted octanol–water partition coefficient (Wildman–Crippen LogP) is 0.716. The molecule has 1 heterocycles. The lowest BCUT2D eigenvalue weighted by molar-refractivity contribution is -0.137. The van der Waals surface area contributed by atoms with Crippen molar-refractivity contribution < 1.29 is 14.7 Å². The standard InChI is InChI=1S/C11H15N3O3/c1-3-12-10(15)9-6-8(4-5-13-9)14-7(2)11(16)17/h4-7H,3H2,1-2H3,(H,12,15)(H,13,14)(H,16,17). The number of nitrogens with zero attached hydrogens (tertiary/aromatic N) is 1. The molecule has 6 nitrogen and oxygen atoms in total. The van der Waals surface area contributed by atoms with Crippen LogP contribution in [0.2, 0.25) is 0 Å². The van der Waals surface area contributed by atoms with Gasteiger partial charge in [-0.15, -0.1) is 0 Å². The molecular formula is C11H15N3O3. The van der Waals surface area contributed by atoms with Gasteiger partial charge in [-0.25, -0.2) is 0 Å². The third-order valence-corrected chi connectivity index (χ3v) is 2.08. The fourth-order valence-corrected chi connectivity index (χ4v) is 1.21. The van der Waals surface area contributed by atoms with Crippen LogP contribution >= 0.6 is 0 Å². The summed E-state index contributed by atoms with van der Waals surface area (Å²) in [7, 11) is 0. The second-order valence-electron chi connectivity index (χ2n) is 3.49. The SMILES string of the molecule is CCNC(=O)c1cc(NC(C)C(=O)O)ccn1. The number of amides is 1. The molecule has 17 heavy (non-hydrogen) atoms. The number of carbonyl (C=O) groups excluding carboxylic acids is 1. The number of carboxylic acid groups (broad SMARTS) is 1. The number of carbonyl (C=O) groups is 2. The highest BCUT2D eigenvalue weighted by Gasteiger charge is 2.12. The van der Waals surface area contributed by atoms with E-state index in [1.165, 1.54) is 19.2 Å². The number of nitrogens with one attached hydrogen (secondary N) is 2. The van der Waals surface area contributed by atoms with Crippen LogP contribution in [0.15, 0.2) is 18.3 Å². The lowest BCUT2D eigenvalue weighted by atomic mass is 10.2. The van der Waals surface area contributed by atoms with Crippen LogP contribution in [-0.4, -0.2) is 34.6 Å². The maximum atomic E-state index is 11.5. The van der Waals surface area contributed by atoms with Crippen molar-refractivity contribution in [1.82, 2.24) is 10.3 Å². The fraction of sp³-hybridized carbons (Fsp3) is 0.364. The Kier molecular flexibility index (Phi) is 4.45. The molecule has 1 aromatic rings. The van der Waals surface area contributed by atoms with Crippen molar-refractivity contribution in [3.8, 4) is 0 Å². The van der Waals surface area contributed by atoms with Crippen molar-refractivity contribution in [2.75, 3.05) is 11.9 Å². The van der Waals surface area contributed by atoms with Gasteiger partial charge in [0, 0.05) is 18.4 Å². The number of rotatable bonds is 5. The molecule has 6 heteroatoms. The molecule has 0 aliphatic heterocycles. The normalized spacial score (nSPS) is 11.6. The summed E-state index contributed by atoms with van der Waals surface area (Å²) in [4.78, 5) is 26.1. The molecule has 92 valence electrons. The van der Waals surface area contributed by atoms with Crippen LogP contribution < -0.4 is 10.6 Å². The van der Waals surface area contributed by atoms with Gasteiger partial charge in [0.2, 0.25) is 0 Å². The van der Waals surface area contributed by atoms with Crippen molar-refractivity contribution in [2.45, 2.75) is 19.9 Å². The number of hydrogen-bond acceptors (Lipinski definition) is 4. The first-order chi connectivity index (χ1) is 8.04. The second kappa shape index (κ2) is 5.83. The maximum Gasteiger partial charge on any atom is 0.325 e. The number of hydrogen-bond donors (Lipinski definition) is 3. The molecule has 0 radical (unpaired) electrons. The van der Waals surface area contributed by atoms with Crippen molar-refractivity contribution in [3.63, 3.8) is 0 Å². The Balaban J connectivity index is 2.79. The third-order valence-electron chi connectivity index (χ3n) is 2.08. The first-order valence-corrected chi connectivity index (χ1v) is 5.28. The summed E-state index contributed by atoms with van der Waals surface area (Å²) in [5, 5.41) is 14.1. The van der Waals surface area contributed by atoms with E-state index in [0.29, 0.717) is 12.2 Å². The molecule has 1 atom stereocenters. The van der Waals surface area contributed by atoms with Gasteiger partial charge in [-0.05, 0) is 26.0 Å². The summed E-state index contributed by atoms with van der Waals surface area (Å²) in [6, 6.07) is 2.41. The first-order valence-electron chi connectivity index (χ1n) is 5.28. The van der Waals surface area contributed by atoms with Gasteiger partial charge >= 0.3 is 5.97 Å². The van der Waals surface area contributed by atoms with Gasteiger partial charge in [0.25, 0.3) is 5.91 Å². The minimum absolute atomic E-state index is 0.259. The largest absolute Gasteiger partial charge is 0.480 e. The van der Waals surface area contributed by atoms with Crippen molar-refractivity contribution in [3.05, 3.63) is 24.0 Å². The minimum Gasteiger partial charge on any atom is -0.480 e. The first kappa shape index (κ1) is 13.0. The van der Waals surface area contributed by atoms with E-state index in [1.807, 2.05) is 6.92 Å². The van der Waals surface area contributed by atoms with Crippen LogP contribution in [0.25, 0.3) is 0 Å². The van der Waals surface area contributed by atoms with E-state index in [1.54, 1.807) is 6.07 Å². The number of aromatic nitrogens is 1. The Morgan fingerprint density at radius 2 is 2.24 bits per heavy atom. The molecule has 0 spiro atoms. The van der Waals surface area contributed by atoms with E-state index in [9.17, 15) is 9.59 Å². The van der Waals surface area contributed by atoms with Crippen molar-refractivity contribution in [1.29, 1.82) is 0 Å². The minimum atomic E-state index is -0.957. The summed E-state index contributed by atoms with van der Waals surface area (Å²) in [6.07, 6.45) is 1.46. The molecular weight excluding hydrogens is 222 g/mol. The zero-order valence-corrected chi connectivity index (χ0v) is 9.73.